The molecule has 0 saturated heterocycles. The first-order valence-electron chi connectivity index (χ1n) is 6.51. The molecule has 6 heteroatoms. The van der Waals surface area contributed by atoms with Gasteiger partial charge in [-0.1, -0.05) is 11.6 Å². The van der Waals surface area contributed by atoms with Crippen LogP contribution in [0.15, 0.2) is 18.2 Å². The zero-order chi connectivity index (χ0) is 15.8. The molecule has 1 aromatic rings. The topological polar surface area (TPSA) is 69.7 Å². The monoisotopic (exact) mass is 310 g/mol. The van der Waals surface area contributed by atoms with Crippen molar-refractivity contribution in [2.24, 2.45) is 5.92 Å². The molecule has 0 spiro atoms. The Morgan fingerprint density at radius 3 is 2.67 bits per heavy atom. The fourth-order valence-electron chi connectivity index (χ4n) is 2.35. The Hall–Kier alpha value is -1.88. The molecule has 2 rings (SSSR count). The average molecular weight is 311 g/mol. The molecule has 1 aliphatic heterocycles. The Morgan fingerprint density at radius 2 is 2.05 bits per heavy atom. The van der Waals surface area contributed by atoms with E-state index in [9.17, 15) is 14.4 Å². The van der Waals surface area contributed by atoms with Crippen molar-refractivity contribution in [2.75, 3.05) is 6.61 Å². The number of carbonyl (C=O) groups is 3. The van der Waals surface area contributed by atoms with Crippen molar-refractivity contribution in [2.45, 2.75) is 26.4 Å². The highest BCUT2D eigenvalue weighted by Gasteiger charge is 2.50. The number of Topliss-reactive ketones (excluding diaryl/α,β-unsaturated/α-hetero) is 2. The minimum Gasteiger partial charge on any atom is -0.486 e. The van der Waals surface area contributed by atoms with Crippen molar-refractivity contribution in [1.82, 2.24) is 0 Å². The summed E-state index contributed by atoms with van der Waals surface area (Å²) in [5.74, 6) is -3.30. The Kier molecular flexibility index (Phi) is 4.05. The number of rotatable bonds is 3. The molecular formula is C15H15ClO5. The number of carbonyl (C=O) groups excluding carboxylic acids is 3. The number of hydrogen-bond acceptors (Lipinski definition) is 5. The molecule has 112 valence electrons. The molecule has 1 unspecified atom stereocenters. The molecule has 0 aromatic heterocycles. The number of halogens is 1. The van der Waals surface area contributed by atoms with E-state index in [-0.39, 0.29) is 12.2 Å². The maximum Gasteiger partial charge on any atom is 0.375 e. The predicted molar refractivity (Wildman–Crippen MR) is 75.6 cm³/mol. The van der Waals surface area contributed by atoms with Crippen molar-refractivity contribution in [3.63, 3.8) is 0 Å². The molecule has 1 atom stereocenters. The number of ether oxygens (including phenoxy) is 2. The lowest BCUT2D eigenvalue weighted by Crippen LogP contribution is -2.52. The number of esters is 1. The Balaban J connectivity index is 2.43. The van der Waals surface area contributed by atoms with Gasteiger partial charge in [0.2, 0.25) is 0 Å². The average Bonchev–Trinajstić information content (AvgIpc) is 2.37. The molecule has 0 amide bonds. The van der Waals surface area contributed by atoms with Gasteiger partial charge in [-0.15, -0.1) is 0 Å². The van der Waals surface area contributed by atoms with Crippen LogP contribution in [0.3, 0.4) is 0 Å². The van der Waals surface area contributed by atoms with Crippen LogP contribution in [0, 0.1) is 5.92 Å². The normalized spacial score (nSPS) is 19.4. The first kappa shape index (κ1) is 15.5. The van der Waals surface area contributed by atoms with Crippen molar-refractivity contribution in [3.8, 4) is 5.75 Å². The smallest absolute Gasteiger partial charge is 0.375 e. The third-order valence-electron chi connectivity index (χ3n) is 3.28. The molecule has 1 aromatic carbocycles. The van der Waals surface area contributed by atoms with Gasteiger partial charge in [-0.2, -0.15) is 0 Å². The second kappa shape index (κ2) is 5.48. The first-order valence-corrected chi connectivity index (χ1v) is 6.89. The SMILES string of the molecule is CCOC(=O)C(=O)C1C(=O)c2ccc(Cl)cc2OC1(C)C. The number of fused-ring (bicyclic) bond motifs is 1. The van der Waals surface area contributed by atoms with Gasteiger partial charge < -0.3 is 9.47 Å². The van der Waals surface area contributed by atoms with Gasteiger partial charge in [-0.05, 0) is 39.0 Å². The van der Waals surface area contributed by atoms with Crippen LogP contribution in [0.2, 0.25) is 5.02 Å². The van der Waals surface area contributed by atoms with Gasteiger partial charge in [-0.3, -0.25) is 9.59 Å². The van der Waals surface area contributed by atoms with E-state index in [0.29, 0.717) is 10.8 Å². The van der Waals surface area contributed by atoms with E-state index in [2.05, 4.69) is 4.74 Å². The molecule has 5 nitrogen and oxygen atoms in total. The van der Waals surface area contributed by atoms with Crippen molar-refractivity contribution in [3.05, 3.63) is 28.8 Å². The molecule has 0 fully saturated rings. The van der Waals surface area contributed by atoms with Crippen LogP contribution in [-0.4, -0.2) is 29.7 Å². The second-order valence-electron chi connectivity index (χ2n) is 5.23. The molecule has 0 radical (unpaired) electrons. The van der Waals surface area contributed by atoms with Crippen LogP contribution in [-0.2, 0) is 14.3 Å². The predicted octanol–water partition coefficient (Wildman–Crippen LogP) is 2.44. The van der Waals surface area contributed by atoms with Crippen molar-refractivity contribution in [1.29, 1.82) is 0 Å². The summed E-state index contributed by atoms with van der Waals surface area (Å²) < 4.78 is 10.4. The quantitative estimate of drug-likeness (QED) is 0.487. The summed E-state index contributed by atoms with van der Waals surface area (Å²) in [6.45, 7) is 4.82. The summed E-state index contributed by atoms with van der Waals surface area (Å²) in [6.07, 6.45) is 0. The van der Waals surface area contributed by atoms with Crippen LogP contribution in [0.25, 0.3) is 0 Å². The van der Waals surface area contributed by atoms with E-state index in [1.807, 2.05) is 0 Å². The van der Waals surface area contributed by atoms with Crippen LogP contribution >= 0.6 is 11.6 Å². The number of hydrogen-bond donors (Lipinski definition) is 0. The summed E-state index contributed by atoms with van der Waals surface area (Å²) in [7, 11) is 0. The van der Waals surface area contributed by atoms with Gasteiger partial charge in [0.05, 0.1) is 12.2 Å². The summed E-state index contributed by atoms with van der Waals surface area (Å²) in [4.78, 5) is 36.4. The number of ketones is 2. The molecular weight excluding hydrogens is 296 g/mol. The van der Waals surface area contributed by atoms with E-state index < -0.39 is 29.1 Å². The number of benzene rings is 1. The van der Waals surface area contributed by atoms with Crippen molar-refractivity contribution < 1.29 is 23.9 Å². The summed E-state index contributed by atoms with van der Waals surface area (Å²) in [6, 6.07) is 4.54. The van der Waals surface area contributed by atoms with Gasteiger partial charge in [0, 0.05) is 5.02 Å². The van der Waals surface area contributed by atoms with Gasteiger partial charge in [-0.25, -0.2) is 4.79 Å². The van der Waals surface area contributed by atoms with Crippen LogP contribution in [0.4, 0.5) is 0 Å². The standard InChI is InChI=1S/C15H15ClO5/c1-4-20-14(19)13(18)11-12(17)9-6-5-8(16)7-10(9)21-15(11,2)3/h5-7,11H,4H2,1-3H3. The molecule has 1 heterocycles. The zero-order valence-electron chi connectivity index (χ0n) is 11.9. The van der Waals surface area contributed by atoms with E-state index in [1.54, 1.807) is 20.8 Å². The van der Waals surface area contributed by atoms with Crippen LogP contribution in [0.1, 0.15) is 31.1 Å². The highest BCUT2D eigenvalue weighted by atomic mass is 35.5. The van der Waals surface area contributed by atoms with Gasteiger partial charge in [0.15, 0.2) is 5.78 Å². The molecule has 0 bridgehead atoms. The Bertz CT molecular complexity index is 620. The molecule has 0 aliphatic carbocycles. The van der Waals surface area contributed by atoms with Gasteiger partial charge >= 0.3 is 5.97 Å². The van der Waals surface area contributed by atoms with E-state index in [1.165, 1.54) is 18.2 Å². The lowest BCUT2D eigenvalue weighted by molar-refractivity contribution is -0.157. The summed E-state index contributed by atoms with van der Waals surface area (Å²) >= 11 is 5.88. The highest BCUT2D eigenvalue weighted by Crippen LogP contribution is 2.38. The third-order valence-corrected chi connectivity index (χ3v) is 3.51. The summed E-state index contributed by atoms with van der Waals surface area (Å²) in [5, 5.41) is 0.424. The van der Waals surface area contributed by atoms with Gasteiger partial charge in [0.25, 0.3) is 5.78 Å². The van der Waals surface area contributed by atoms with Crippen LogP contribution < -0.4 is 4.74 Å². The minimum absolute atomic E-state index is 0.0684. The van der Waals surface area contributed by atoms with E-state index >= 15 is 0 Å². The van der Waals surface area contributed by atoms with Crippen LogP contribution in [0.5, 0.6) is 5.75 Å². The maximum absolute atomic E-state index is 12.5. The molecule has 1 aliphatic rings. The Labute approximate surface area is 127 Å². The molecule has 0 N–H and O–H groups in total. The second-order valence-corrected chi connectivity index (χ2v) is 5.66. The van der Waals surface area contributed by atoms with Gasteiger partial charge in [0.1, 0.15) is 17.3 Å². The summed E-state index contributed by atoms with van der Waals surface area (Å²) in [5.41, 5.74) is -0.917. The lowest BCUT2D eigenvalue weighted by Gasteiger charge is -2.37. The largest absolute Gasteiger partial charge is 0.486 e. The first-order chi connectivity index (χ1) is 9.77. The fraction of sp³-hybridized carbons (Fsp3) is 0.400. The fourth-order valence-corrected chi connectivity index (χ4v) is 2.51. The zero-order valence-corrected chi connectivity index (χ0v) is 12.7. The van der Waals surface area contributed by atoms with E-state index in [4.69, 9.17) is 16.3 Å². The van der Waals surface area contributed by atoms with E-state index in [0.717, 1.165) is 0 Å². The van der Waals surface area contributed by atoms with Crippen molar-refractivity contribution >= 4 is 29.1 Å². The minimum atomic E-state index is -1.23. The maximum atomic E-state index is 12.5. The third kappa shape index (κ3) is 2.78. The molecule has 0 saturated carbocycles. The molecule has 21 heavy (non-hydrogen) atoms. The lowest BCUT2D eigenvalue weighted by atomic mass is 9.78. The highest BCUT2D eigenvalue weighted by molar-refractivity contribution is 6.40. The Morgan fingerprint density at radius 1 is 1.38 bits per heavy atom.